The number of pyridine rings is 1. The SMILES string of the molecule is c1coc(-n2cnc3cnc4ccccc4c32)c1. The van der Waals surface area contributed by atoms with Crippen molar-refractivity contribution in [3.05, 3.63) is 55.2 Å². The second kappa shape index (κ2) is 3.43. The molecule has 0 saturated heterocycles. The van der Waals surface area contributed by atoms with Gasteiger partial charge < -0.3 is 4.42 Å². The normalized spacial score (nSPS) is 11.3. The van der Waals surface area contributed by atoms with Crippen LogP contribution in [0.25, 0.3) is 27.8 Å². The van der Waals surface area contributed by atoms with Crippen molar-refractivity contribution < 1.29 is 4.42 Å². The van der Waals surface area contributed by atoms with Gasteiger partial charge in [-0.25, -0.2) is 4.98 Å². The molecule has 18 heavy (non-hydrogen) atoms. The number of furan rings is 1. The Morgan fingerprint density at radius 3 is 2.78 bits per heavy atom. The Kier molecular flexibility index (Phi) is 1.80. The molecule has 4 nitrogen and oxygen atoms in total. The van der Waals surface area contributed by atoms with Gasteiger partial charge in [-0.1, -0.05) is 18.2 Å². The van der Waals surface area contributed by atoms with E-state index in [9.17, 15) is 0 Å². The van der Waals surface area contributed by atoms with Crippen LogP contribution in [0.2, 0.25) is 0 Å². The minimum absolute atomic E-state index is 0.758. The predicted molar refractivity (Wildman–Crippen MR) is 68.6 cm³/mol. The Balaban J connectivity index is 2.19. The van der Waals surface area contributed by atoms with Crippen molar-refractivity contribution in [3.8, 4) is 5.88 Å². The van der Waals surface area contributed by atoms with Gasteiger partial charge in [0, 0.05) is 11.5 Å². The molecule has 0 aliphatic heterocycles. The van der Waals surface area contributed by atoms with Crippen LogP contribution in [0.4, 0.5) is 0 Å². The highest BCUT2D eigenvalue weighted by molar-refractivity contribution is 6.02. The minimum Gasteiger partial charge on any atom is -0.448 e. The number of fused-ring (bicyclic) bond motifs is 3. The summed E-state index contributed by atoms with van der Waals surface area (Å²) in [6, 6.07) is 11.8. The highest BCUT2D eigenvalue weighted by Gasteiger charge is 2.10. The monoisotopic (exact) mass is 235 g/mol. The summed E-state index contributed by atoms with van der Waals surface area (Å²) in [5.41, 5.74) is 2.85. The summed E-state index contributed by atoms with van der Waals surface area (Å²) < 4.78 is 7.38. The van der Waals surface area contributed by atoms with Crippen LogP contribution in [-0.4, -0.2) is 14.5 Å². The summed E-state index contributed by atoms with van der Waals surface area (Å²) in [5, 5.41) is 1.07. The highest BCUT2D eigenvalue weighted by atomic mass is 16.3. The second-order valence-electron chi connectivity index (χ2n) is 4.08. The Bertz CT molecular complexity index is 831. The highest BCUT2D eigenvalue weighted by Crippen LogP contribution is 2.25. The van der Waals surface area contributed by atoms with E-state index in [4.69, 9.17) is 4.42 Å². The third-order valence-corrected chi connectivity index (χ3v) is 3.02. The van der Waals surface area contributed by atoms with Gasteiger partial charge in [-0.2, -0.15) is 0 Å². The molecule has 0 radical (unpaired) electrons. The fourth-order valence-corrected chi connectivity index (χ4v) is 2.22. The van der Waals surface area contributed by atoms with Crippen molar-refractivity contribution >= 4 is 21.9 Å². The molecular formula is C14H9N3O. The van der Waals surface area contributed by atoms with Crippen LogP contribution in [0.15, 0.2) is 59.6 Å². The summed E-state index contributed by atoms with van der Waals surface area (Å²) in [7, 11) is 0. The maximum atomic E-state index is 5.44. The van der Waals surface area contributed by atoms with Crippen molar-refractivity contribution in [1.29, 1.82) is 0 Å². The van der Waals surface area contributed by atoms with Crippen LogP contribution >= 0.6 is 0 Å². The van der Waals surface area contributed by atoms with E-state index >= 15 is 0 Å². The summed E-state index contributed by atoms with van der Waals surface area (Å²) in [6.07, 6.45) is 5.21. The topological polar surface area (TPSA) is 43.9 Å². The Hall–Kier alpha value is -2.62. The quantitative estimate of drug-likeness (QED) is 0.509. The minimum atomic E-state index is 0.758. The first-order valence-electron chi connectivity index (χ1n) is 5.68. The zero-order valence-corrected chi connectivity index (χ0v) is 9.45. The van der Waals surface area contributed by atoms with Gasteiger partial charge in [0.2, 0.25) is 5.88 Å². The number of benzene rings is 1. The lowest BCUT2D eigenvalue weighted by atomic mass is 10.2. The molecule has 0 aliphatic rings. The van der Waals surface area contributed by atoms with Gasteiger partial charge >= 0.3 is 0 Å². The molecule has 4 aromatic rings. The molecule has 0 saturated carbocycles. The first-order valence-corrected chi connectivity index (χ1v) is 5.68. The van der Waals surface area contributed by atoms with Crippen molar-refractivity contribution in [2.24, 2.45) is 0 Å². The van der Waals surface area contributed by atoms with E-state index in [1.165, 1.54) is 0 Å². The maximum absolute atomic E-state index is 5.44. The van der Waals surface area contributed by atoms with Gasteiger partial charge in [-0.15, -0.1) is 0 Å². The third kappa shape index (κ3) is 1.20. The Morgan fingerprint density at radius 1 is 0.944 bits per heavy atom. The van der Waals surface area contributed by atoms with Crippen LogP contribution in [0.3, 0.4) is 0 Å². The van der Waals surface area contributed by atoms with Crippen LogP contribution in [0.5, 0.6) is 0 Å². The molecule has 0 N–H and O–H groups in total. The molecule has 3 heterocycles. The van der Waals surface area contributed by atoms with Crippen LogP contribution < -0.4 is 0 Å². The summed E-state index contributed by atoms with van der Waals surface area (Å²) in [5.74, 6) is 0.758. The molecule has 0 aliphatic carbocycles. The average Bonchev–Trinajstić information content (AvgIpc) is 3.07. The lowest BCUT2D eigenvalue weighted by molar-refractivity contribution is 0.542. The zero-order chi connectivity index (χ0) is 11.9. The van der Waals surface area contributed by atoms with Gasteiger partial charge in [-0.3, -0.25) is 9.55 Å². The summed E-state index contributed by atoms with van der Waals surface area (Å²) in [6.45, 7) is 0. The van der Waals surface area contributed by atoms with Gasteiger partial charge in [0.25, 0.3) is 0 Å². The van der Waals surface area contributed by atoms with Crippen LogP contribution in [0.1, 0.15) is 0 Å². The molecule has 4 rings (SSSR count). The smallest absolute Gasteiger partial charge is 0.205 e. The van der Waals surface area contributed by atoms with E-state index < -0.39 is 0 Å². The number of nitrogens with zero attached hydrogens (tertiary/aromatic N) is 3. The molecule has 86 valence electrons. The van der Waals surface area contributed by atoms with Gasteiger partial charge in [0.15, 0.2) is 0 Å². The molecule has 0 fully saturated rings. The van der Waals surface area contributed by atoms with Gasteiger partial charge in [0.05, 0.1) is 23.5 Å². The third-order valence-electron chi connectivity index (χ3n) is 3.02. The number of aromatic nitrogens is 3. The lowest BCUT2D eigenvalue weighted by Crippen LogP contribution is -1.90. The molecule has 0 spiro atoms. The van der Waals surface area contributed by atoms with Gasteiger partial charge in [-0.05, 0) is 12.1 Å². The molecule has 0 bridgehead atoms. The predicted octanol–water partition coefficient (Wildman–Crippen LogP) is 3.17. The van der Waals surface area contributed by atoms with Crippen molar-refractivity contribution in [2.75, 3.05) is 0 Å². The van der Waals surface area contributed by atoms with Crippen molar-refractivity contribution in [1.82, 2.24) is 14.5 Å². The number of imidazole rings is 1. The largest absolute Gasteiger partial charge is 0.448 e. The molecular weight excluding hydrogens is 226 g/mol. The fraction of sp³-hybridized carbons (Fsp3) is 0. The van der Waals surface area contributed by atoms with E-state index in [1.54, 1.807) is 18.8 Å². The Labute approximate surface area is 103 Å². The fourth-order valence-electron chi connectivity index (χ4n) is 2.22. The van der Waals surface area contributed by atoms with Crippen molar-refractivity contribution in [2.45, 2.75) is 0 Å². The first kappa shape index (κ1) is 9.41. The zero-order valence-electron chi connectivity index (χ0n) is 9.45. The first-order chi connectivity index (χ1) is 8.93. The average molecular weight is 235 g/mol. The van der Waals surface area contributed by atoms with Crippen LogP contribution in [0, 0.1) is 0 Å². The standard InChI is InChI=1S/C14H9N3O/c1-2-5-11-10(4-1)14-12(8-15-11)16-9-17(14)13-6-3-7-18-13/h1-9H. The maximum Gasteiger partial charge on any atom is 0.205 e. The molecule has 4 heteroatoms. The molecule has 0 unspecified atom stereocenters. The number of hydrogen-bond acceptors (Lipinski definition) is 3. The second-order valence-corrected chi connectivity index (χ2v) is 4.08. The molecule has 0 atom stereocenters. The lowest BCUT2D eigenvalue weighted by Gasteiger charge is -2.02. The van der Waals surface area contributed by atoms with Crippen LogP contribution in [-0.2, 0) is 0 Å². The summed E-state index contributed by atoms with van der Waals surface area (Å²) >= 11 is 0. The molecule has 1 aromatic carbocycles. The van der Waals surface area contributed by atoms with E-state index in [0.29, 0.717) is 0 Å². The van der Waals surface area contributed by atoms with E-state index in [2.05, 4.69) is 9.97 Å². The van der Waals surface area contributed by atoms with Gasteiger partial charge in [0.1, 0.15) is 11.8 Å². The van der Waals surface area contributed by atoms with E-state index in [0.717, 1.165) is 27.8 Å². The van der Waals surface area contributed by atoms with E-state index in [-0.39, 0.29) is 0 Å². The number of hydrogen-bond donors (Lipinski definition) is 0. The van der Waals surface area contributed by atoms with E-state index in [1.807, 2.05) is 41.0 Å². The Morgan fingerprint density at radius 2 is 1.89 bits per heavy atom. The molecule has 0 amide bonds. The number of rotatable bonds is 1. The molecule has 3 aromatic heterocycles. The van der Waals surface area contributed by atoms with Crippen molar-refractivity contribution in [3.63, 3.8) is 0 Å². The summed E-state index contributed by atoms with van der Waals surface area (Å²) in [4.78, 5) is 8.76. The number of para-hydroxylation sites is 1.